The Bertz CT molecular complexity index is 1860. The number of nitrogens with two attached hydrogens (primary N) is 1. The number of nitrogen functional groups attached to an aromatic ring is 1. The number of hydrogen-bond donors (Lipinski definition) is 4. The number of hydrogen-bond acceptors (Lipinski definition) is 9. The number of fused-ring (bicyclic) bond motifs is 1. The van der Waals surface area contributed by atoms with Gasteiger partial charge in [0.1, 0.15) is 11.9 Å². The molecular formula is C32H35N5O7S. The number of ether oxygens (including phenoxy) is 2. The molecule has 1 aliphatic heterocycles. The maximum absolute atomic E-state index is 14.6. The van der Waals surface area contributed by atoms with Crippen LogP contribution in [-0.4, -0.2) is 61.9 Å². The number of likely N-dealkylation sites (tertiary alicyclic amines) is 1. The lowest BCUT2D eigenvalue weighted by Gasteiger charge is -2.31. The Morgan fingerprint density at radius 1 is 1.04 bits per heavy atom. The van der Waals surface area contributed by atoms with E-state index < -0.39 is 28.0 Å². The molecule has 0 spiro atoms. The summed E-state index contributed by atoms with van der Waals surface area (Å²) in [6.07, 6.45) is 1.45. The van der Waals surface area contributed by atoms with Crippen molar-refractivity contribution < 1.29 is 32.6 Å². The molecule has 13 heteroatoms. The number of anilines is 3. The number of aromatic nitrogens is 1. The highest BCUT2D eigenvalue weighted by molar-refractivity contribution is 7.91. The number of amides is 2. The van der Waals surface area contributed by atoms with Gasteiger partial charge in [0.25, 0.3) is 0 Å². The van der Waals surface area contributed by atoms with Crippen molar-refractivity contribution in [3.8, 4) is 11.5 Å². The van der Waals surface area contributed by atoms with Crippen LogP contribution >= 0.6 is 0 Å². The van der Waals surface area contributed by atoms with Crippen molar-refractivity contribution in [1.82, 2.24) is 9.88 Å². The zero-order chi connectivity index (χ0) is 32.3. The number of methoxy groups -OCH3 is 2. The van der Waals surface area contributed by atoms with E-state index in [0.717, 1.165) is 10.8 Å². The van der Waals surface area contributed by atoms with Crippen LogP contribution in [-0.2, 0) is 14.6 Å². The monoisotopic (exact) mass is 633 g/mol. The van der Waals surface area contributed by atoms with E-state index in [4.69, 9.17) is 15.2 Å². The molecule has 1 aromatic heterocycles. The fourth-order valence-electron chi connectivity index (χ4n) is 5.75. The first-order chi connectivity index (χ1) is 21.6. The number of nitrogens with zero attached hydrogens (tertiary/aromatic N) is 2. The fraction of sp³-hybridized carbons (Fsp3) is 0.281. The normalized spacial score (nSPS) is 15.4. The predicted molar refractivity (Wildman–Crippen MR) is 172 cm³/mol. The number of benzene rings is 3. The maximum atomic E-state index is 14.6. The average Bonchev–Trinajstić information content (AvgIpc) is 3.53. The largest absolute Gasteiger partial charge is 0.493 e. The van der Waals surface area contributed by atoms with Gasteiger partial charge < -0.3 is 30.5 Å². The molecule has 0 bridgehead atoms. The van der Waals surface area contributed by atoms with Crippen LogP contribution in [0.1, 0.15) is 43.0 Å². The number of carbonyl (C=O) groups excluding carboxylic acids is 1. The molecule has 0 saturated carbocycles. The standard InChI is InChI=1S/C32H35N5O7S/c1-4-45(41,42)28-12-9-22(36-32(39)40)18-24(28)25-6-5-15-37(25)31(38)29(20-7-11-26(43-2)27(17-20)44-3)35-21-8-10-23-19(16-21)13-14-34-30(23)33/h7-14,16-18,25,29,35-36H,4-6,15H2,1-3H3,(H2,33,34)(H,39,40)/t25-,29+/m1/s1. The van der Waals surface area contributed by atoms with Gasteiger partial charge in [0, 0.05) is 29.5 Å². The molecule has 5 N–H and O–H groups in total. The zero-order valence-corrected chi connectivity index (χ0v) is 25.9. The molecule has 45 heavy (non-hydrogen) atoms. The maximum Gasteiger partial charge on any atom is 0.409 e. The van der Waals surface area contributed by atoms with Gasteiger partial charge in [-0.3, -0.25) is 10.1 Å². The van der Waals surface area contributed by atoms with Crippen LogP contribution in [0.15, 0.2) is 71.8 Å². The molecule has 3 aromatic carbocycles. The van der Waals surface area contributed by atoms with Gasteiger partial charge in [0.15, 0.2) is 21.3 Å². The average molecular weight is 634 g/mol. The molecule has 1 saturated heterocycles. The quantitative estimate of drug-likeness (QED) is 0.181. The van der Waals surface area contributed by atoms with E-state index in [1.54, 1.807) is 36.2 Å². The highest BCUT2D eigenvalue weighted by Gasteiger charge is 2.37. The molecule has 236 valence electrons. The molecule has 2 atom stereocenters. The molecule has 0 aliphatic carbocycles. The number of carboxylic acid groups (broad SMARTS) is 1. The van der Waals surface area contributed by atoms with E-state index in [2.05, 4.69) is 15.6 Å². The van der Waals surface area contributed by atoms with Crippen molar-refractivity contribution in [2.75, 3.05) is 42.9 Å². The first-order valence-corrected chi connectivity index (χ1v) is 16.0. The van der Waals surface area contributed by atoms with Crippen molar-refractivity contribution in [1.29, 1.82) is 0 Å². The minimum Gasteiger partial charge on any atom is -0.493 e. The third kappa shape index (κ3) is 6.43. The van der Waals surface area contributed by atoms with E-state index >= 15 is 0 Å². The molecular weight excluding hydrogens is 598 g/mol. The van der Waals surface area contributed by atoms with E-state index in [1.807, 2.05) is 24.3 Å². The third-order valence-electron chi connectivity index (χ3n) is 7.97. The van der Waals surface area contributed by atoms with Gasteiger partial charge in [-0.05, 0) is 84.0 Å². The van der Waals surface area contributed by atoms with Crippen molar-refractivity contribution in [2.24, 2.45) is 0 Å². The van der Waals surface area contributed by atoms with Crippen LogP contribution < -0.4 is 25.8 Å². The van der Waals surface area contributed by atoms with E-state index in [-0.39, 0.29) is 22.2 Å². The minimum atomic E-state index is -3.70. The van der Waals surface area contributed by atoms with E-state index in [1.165, 1.54) is 32.4 Å². The van der Waals surface area contributed by atoms with Crippen LogP contribution in [0.5, 0.6) is 11.5 Å². The summed E-state index contributed by atoms with van der Waals surface area (Å²) in [5.74, 6) is 0.884. The van der Waals surface area contributed by atoms with Crippen molar-refractivity contribution >= 4 is 49.8 Å². The highest BCUT2D eigenvalue weighted by atomic mass is 32.2. The topological polar surface area (TPSA) is 173 Å². The summed E-state index contributed by atoms with van der Waals surface area (Å²) < 4.78 is 37.3. The van der Waals surface area contributed by atoms with Gasteiger partial charge in [-0.1, -0.05) is 13.0 Å². The smallest absolute Gasteiger partial charge is 0.409 e. The number of sulfone groups is 1. The van der Waals surface area contributed by atoms with Crippen molar-refractivity contribution in [3.63, 3.8) is 0 Å². The number of carbonyl (C=O) groups is 2. The Morgan fingerprint density at radius 3 is 2.51 bits per heavy atom. The molecule has 1 aliphatic rings. The Hall–Kier alpha value is -5.04. The first kappa shape index (κ1) is 31.4. The van der Waals surface area contributed by atoms with Gasteiger partial charge in [0.2, 0.25) is 5.91 Å². The van der Waals surface area contributed by atoms with E-state index in [9.17, 15) is 23.1 Å². The van der Waals surface area contributed by atoms with Crippen LogP contribution in [0.2, 0.25) is 0 Å². The molecule has 1 fully saturated rings. The number of rotatable bonds is 10. The molecule has 2 heterocycles. The molecule has 5 rings (SSSR count). The van der Waals surface area contributed by atoms with Gasteiger partial charge in [-0.2, -0.15) is 0 Å². The van der Waals surface area contributed by atoms with Crippen molar-refractivity contribution in [2.45, 2.75) is 36.7 Å². The van der Waals surface area contributed by atoms with E-state index in [0.29, 0.717) is 53.5 Å². The molecule has 0 radical (unpaired) electrons. The summed E-state index contributed by atoms with van der Waals surface area (Å²) in [6.45, 7) is 1.92. The van der Waals surface area contributed by atoms with Crippen LogP contribution in [0.25, 0.3) is 10.8 Å². The number of pyridine rings is 1. The number of nitrogens with one attached hydrogen (secondary N) is 2. The van der Waals surface area contributed by atoms with Crippen LogP contribution in [0, 0.1) is 0 Å². The molecule has 2 amide bonds. The predicted octanol–water partition coefficient (Wildman–Crippen LogP) is 5.23. The lowest BCUT2D eigenvalue weighted by Crippen LogP contribution is -2.38. The minimum absolute atomic E-state index is 0.0713. The van der Waals surface area contributed by atoms with Gasteiger partial charge in [-0.15, -0.1) is 0 Å². The Labute approximate surface area is 261 Å². The summed E-state index contributed by atoms with van der Waals surface area (Å²) in [7, 11) is -0.659. The zero-order valence-electron chi connectivity index (χ0n) is 25.1. The second kappa shape index (κ2) is 12.9. The summed E-state index contributed by atoms with van der Waals surface area (Å²) in [6, 6.07) is 15.4. The third-order valence-corrected chi connectivity index (χ3v) is 9.77. The van der Waals surface area contributed by atoms with Gasteiger partial charge >= 0.3 is 6.09 Å². The molecule has 0 unspecified atom stereocenters. The molecule has 12 nitrogen and oxygen atoms in total. The Kier molecular flexibility index (Phi) is 9.00. The van der Waals surface area contributed by atoms with Gasteiger partial charge in [-0.25, -0.2) is 18.2 Å². The first-order valence-electron chi connectivity index (χ1n) is 14.4. The second-order valence-corrected chi connectivity index (χ2v) is 12.8. The second-order valence-electron chi connectivity index (χ2n) is 10.6. The summed E-state index contributed by atoms with van der Waals surface area (Å²) in [5, 5.41) is 16.6. The summed E-state index contributed by atoms with van der Waals surface area (Å²) in [4.78, 5) is 31.9. The fourth-order valence-corrected chi connectivity index (χ4v) is 6.89. The Balaban J connectivity index is 1.59. The summed E-state index contributed by atoms with van der Waals surface area (Å²) in [5.41, 5.74) is 7.88. The lowest BCUT2D eigenvalue weighted by atomic mass is 10.00. The van der Waals surface area contributed by atoms with Crippen LogP contribution in [0.4, 0.5) is 22.0 Å². The highest BCUT2D eigenvalue weighted by Crippen LogP contribution is 2.40. The van der Waals surface area contributed by atoms with Crippen molar-refractivity contribution in [3.05, 3.63) is 78.0 Å². The lowest BCUT2D eigenvalue weighted by molar-refractivity contribution is -0.133. The Morgan fingerprint density at radius 2 is 1.80 bits per heavy atom. The SMILES string of the molecule is CCS(=O)(=O)c1ccc(NC(=O)O)cc1[C@H]1CCCN1C(=O)[C@@H](Nc1ccc2c(N)nccc2c1)c1ccc(OC)c(OC)c1. The van der Waals surface area contributed by atoms with Crippen LogP contribution in [0.3, 0.4) is 0 Å². The van der Waals surface area contributed by atoms with Gasteiger partial charge in [0.05, 0.1) is 30.9 Å². The molecule has 4 aromatic rings. The summed E-state index contributed by atoms with van der Waals surface area (Å²) >= 11 is 0.